The van der Waals surface area contributed by atoms with Gasteiger partial charge in [0.05, 0.1) is 17.9 Å². The van der Waals surface area contributed by atoms with Crippen LogP contribution in [0.3, 0.4) is 0 Å². The zero-order valence-corrected chi connectivity index (χ0v) is 15.1. The summed E-state index contributed by atoms with van der Waals surface area (Å²) in [6.07, 6.45) is 3.42. The number of anilines is 1. The largest absolute Gasteiger partial charge is 0.385 e. The average Bonchev–Trinajstić information content (AvgIpc) is 2.68. The van der Waals surface area contributed by atoms with Gasteiger partial charge in [0.1, 0.15) is 18.2 Å². The fourth-order valence-corrected chi connectivity index (χ4v) is 3.27. The summed E-state index contributed by atoms with van der Waals surface area (Å²) in [4.78, 5) is 19.7. The van der Waals surface area contributed by atoms with Crippen LogP contribution in [0, 0.1) is 0 Å². The molecular formula is C19H18ClN5O. The molecule has 1 aliphatic heterocycles. The van der Waals surface area contributed by atoms with Gasteiger partial charge in [-0.3, -0.25) is 0 Å². The number of rotatable bonds is 3. The lowest BCUT2D eigenvalue weighted by molar-refractivity contribution is 0.189. The summed E-state index contributed by atoms with van der Waals surface area (Å²) in [7, 11) is 0. The predicted octanol–water partition coefficient (Wildman–Crippen LogP) is 3.20. The highest BCUT2D eigenvalue weighted by atomic mass is 35.5. The van der Waals surface area contributed by atoms with Crippen LogP contribution in [0.25, 0.3) is 11.3 Å². The minimum Gasteiger partial charge on any atom is -0.385 e. The maximum atomic E-state index is 9.71. The Labute approximate surface area is 156 Å². The van der Waals surface area contributed by atoms with E-state index in [2.05, 4.69) is 24.8 Å². The summed E-state index contributed by atoms with van der Waals surface area (Å²) in [5.74, 6) is 1.23. The van der Waals surface area contributed by atoms with Gasteiger partial charge >= 0.3 is 0 Å². The third kappa shape index (κ3) is 3.25. The van der Waals surface area contributed by atoms with Crippen LogP contribution in [-0.4, -0.2) is 31.6 Å². The number of halogens is 1. The Morgan fingerprint density at radius 2 is 1.92 bits per heavy atom. The smallest absolute Gasteiger partial charge is 0.158 e. The zero-order chi connectivity index (χ0) is 18.1. The predicted molar refractivity (Wildman–Crippen MR) is 99.9 cm³/mol. The summed E-state index contributed by atoms with van der Waals surface area (Å²) in [5.41, 5.74) is 4.16. The van der Waals surface area contributed by atoms with Gasteiger partial charge in [-0.05, 0) is 31.5 Å². The molecule has 6 nitrogen and oxygen atoms in total. The quantitative estimate of drug-likeness (QED) is 0.766. The number of hydrogen-bond donors (Lipinski definition) is 1. The average molecular weight is 368 g/mol. The highest BCUT2D eigenvalue weighted by molar-refractivity contribution is 6.30. The molecule has 3 aromatic rings. The van der Waals surface area contributed by atoms with Crippen molar-refractivity contribution in [2.75, 3.05) is 11.4 Å². The van der Waals surface area contributed by atoms with Crippen molar-refractivity contribution >= 4 is 17.4 Å². The van der Waals surface area contributed by atoms with E-state index in [0.29, 0.717) is 17.4 Å². The van der Waals surface area contributed by atoms with Crippen LogP contribution in [0.2, 0.25) is 5.02 Å². The summed E-state index contributed by atoms with van der Waals surface area (Å²) in [5, 5.41) is 10.4. The topological polar surface area (TPSA) is 75.0 Å². The van der Waals surface area contributed by atoms with Gasteiger partial charge in [0.15, 0.2) is 5.82 Å². The highest BCUT2D eigenvalue weighted by Gasteiger charge is 2.23. The van der Waals surface area contributed by atoms with Crippen LogP contribution in [0.1, 0.15) is 30.1 Å². The number of benzene rings is 1. The Morgan fingerprint density at radius 3 is 2.69 bits per heavy atom. The van der Waals surface area contributed by atoms with Crippen molar-refractivity contribution in [2.24, 2.45) is 0 Å². The first-order valence-corrected chi connectivity index (χ1v) is 8.84. The Balaban J connectivity index is 1.65. The maximum Gasteiger partial charge on any atom is 0.158 e. The van der Waals surface area contributed by atoms with E-state index >= 15 is 0 Å². The number of aromatic nitrogens is 4. The van der Waals surface area contributed by atoms with Crippen LogP contribution < -0.4 is 4.90 Å². The minimum absolute atomic E-state index is 0.429. The third-order valence-electron chi connectivity index (χ3n) is 4.48. The summed E-state index contributed by atoms with van der Waals surface area (Å²) < 4.78 is 0. The van der Waals surface area contributed by atoms with E-state index in [1.807, 2.05) is 30.3 Å². The summed E-state index contributed by atoms with van der Waals surface area (Å²) in [6, 6.07) is 9.57. The monoisotopic (exact) mass is 367 g/mol. The highest BCUT2D eigenvalue weighted by Crippen LogP contribution is 2.29. The first kappa shape index (κ1) is 16.9. The van der Waals surface area contributed by atoms with Crippen molar-refractivity contribution in [1.29, 1.82) is 0 Å². The molecule has 0 saturated heterocycles. The molecule has 3 heterocycles. The first-order chi connectivity index (χ1) is 12.6. The van der Waals surface area contributed by atoms with Crippen molar-refractivity contribution in [3.05, 3.63) is 65.0 Å². The van der Waals surface area contributed by atoms with E-state index in [9.17, 15) is 5.11 Å². The molecule has 0 spiro atoms. The molecule has 1 unspecified atom stereocenters. The second-order valence-electron chi connectivity index (χ2n) is 6.27. The molecule has 26 heavy (non-hydrogen) atoms. The van der Waals surface area contributed by atoms with Crippen LogP contribution in [0.5, 0.6) is 0 Å². The molecule has 1 aromatic carbocycles. The van der Waals surface area contributed by atoms with Crippen molar-refractivity contribution < 1.29 is 5.11 Å². The Bertz CT molecular complexity index is 929. The summed E-state index contributed by atoms with van der Waals surface area (Å²) >= 11 is 6.00. The van der Waals surface area contributed by atoms with Gasteiger partial charge in [-0.2, -0.15) is 0 Å². The second kappa shape index (κ2) is 6.97. The molecule has 0 aliphatic carbocycles. The zero-order valence-electron chi connectivity index (χ0n) is 14.3. The molecule has 0 radical (unpaired) electrons. The van der Waals surface area contributed by atoms with Crippen LogP contribution >= 0.6 is 11.6 Å². The van der Waals surface area contributed by atoms with Crippen LogP contribution in [-0.2, 0) is 13.0 Å². The van der Waals surface area contributed by atoms with Gasteiger partial charge in [-0.25, -0.2) is 19.9 Å². The van der Waals surface area contributed by atoms with Gasteiger partial charge < -0.3 is 10.0 Å². The molecular weight excluding hydrogens is 350 g/mol. The second-order valence-corrected chi connectivity index (χ2v) is 6.71. The molecule has 1 atom stereocenters. The lowest BCUT2D eigenvalue weighted by atomic mass is 9.98. The van der Waals surface area contributed by atoms with Gasteiger partial charge in [0, 0.05) is 28.9 Å². The SMILES string of the molecule is CC(O)c1nccc(N2CCc3c(ncnc3-c3ccc(Cl)cc3)C2)n1. The van der Waals surface area contributed by atoms with Crippen molar-refractivity contribution in [1.82, 2.24) is 19.9 Å². The van der Waals surface area contributed by atoms with Gasteiger partial charge in [0.2, 0.25) is 0 Å². The fraction of sp³-hybridized carbons (Fsp3) is 0.263. The van der Waals surface area contributed by atoms with E-state index in [1.54, 1.807) is 19.4 Å². The van der Waals surface area contributed by atoms with Crippen LogP contribution in [0.15, 0.2) is 42.9 Å². The minimum atomic E-state index is -0.689. The molecule has 0 amide bonds. The Morgan fingerprint density at radius 1 is 1.12 bits per heavy atom. The van der Waals surface area contributed by atoms with Gasteiger partial charge in [0.25, 0.3) is 0 Å². The van der Waals surface area contributed by atoms with Crippen molar-refractivity contribution in [3.8, 4) is 11.3 Å². The van der Waals surface area contributed by atoms with E-state index in [1.165, 1.54) is 0 Å². The van der Waals surface area contributed by atoms with Gasteiger partial charge in [-0.15, -0.1) is 0 Å². The molecule has 4 rings (SSSR count). The summed E-state index contributed by atoms with van der Waals surface area (Å²) in [6.45, 7) is 3.11. The molecule has 132 valence electrons. The van der Waals surface area contributed by atoms with E-state index in [-0.39, 0.29) is 0 Å². The van der Waals surface area contributed by atoms with Gasteiger partial charge in [-0.1, -0.05) is 23.7 Å². The maximum absolute atomic E-state index is 9.71. The molecule has 7 heteroatoms. The third-order valence-corrected chi connectivity index (χ3v) is 4.73. The number of fused-ring (bicyclic) bond motifs is 1. The molecule has 1 aliphatic rings. The Kier molecular flexibility index (Phi) is 4.53. The molecule has 0 fully saturated rings. The molecule has 0 saturated carbocycles. The fourth-order valence-electron chi connectivity index (χ4n) is 3.15. The molecule has 0 bridgehead atoms. The number of aliphatic hydroxyl groups excluding tert-OH is 1. The molecule has 1 N–H and O–H groups in total. The standard InChI is InChI=1S/C19H18ClN5O/c1-12(26)19-21-8-6-17(24-19)25-9-7-15-16(10-25)22-11-23-18(15)13-2-4-14(20)5-3-13/h2-6,8,11-12,26H,7,9-10H2,1H3. The lowest BCUT2D eigenvalue weighted by Gasteiger charge is -2.30. The van der Waals surface area contributed by atoms with E-state index < -0.39 is 6.10 Å². The van der Waals surface area contributed by atoms with E-state index in [0.717, 1.165) is 41.3 Å². The number of hydrogen-bond acceptors (Lipinski definition) is 6. The lowest BCUT2D eigenvalue weighted by Crippen LogP contribution is -2.32. The van der Waals surface area contributed by atoms with Crippen LogP contribution in [0.4, 0.5) is 5.82 Å². The molecule has 2 aromatic heterocycles. The number of aliphatic hydroxyl groups is 1. The van der Waals surface area contributed by atoms with Crippen molar-refractivity contribution in [3.63, 3.8) is 0 Å². The van der Waals surface area contributed by atoms with Crippen molar-refractivity contribution in [2.45, 2.75) is 26.0 Å². The van der Waals surface area contributed by atoms with E-state index in [4.69, 9.17) is 11.6 Å². The Hall–Kier alpha value is -2.57. The number of nitrogens with zero attached hydrogens (tertiary/aromatic N) is 5. The first-order valence-electron chi connectivity index (χ1n) is 8.46. The normalized spacial score (nSPS) is 14.8.